The molecule has 1 aliphatic heterocycles. The summed E-state index contributed by atoms with van der Waals surface area (Å²) in [5.41, 5.74) is 5.44. The standard InChI is InChI=1S/C40H42N8O9/c1-46(21-35(49)50)12-13-47(22-36(51)52)14-15-48(23-37(53)54)38(40(56)57)39(55)45-25-4-2-24(3-5-25)33-19-32-18-30-9-8-28(42-30)16-26-6-7-27(41-26)17-29-10-11-31(43-29)20-34(33)44-32/h2-11,16-20,38,41-44H,12-15,21-23H2,1H3,(H,45,55)(H,49,50)(H,51,52)(H,53,54)(H,56,57). The Balaban J connectivity index is 1.23. The monoisotopic (exact) mass is 778 g/mol. The van der Waals surface area contributed by atoms with E-state index in [0.717, 1.165) is 60.2 Å². The van der Waals surface area contributed by atoms with Crippen molar-refractivity contribution in [3.8, 4) is 11.1 Å². The SMILES string of the molecule is CN(CCN(CCN(CC(=O)O)C(C(=O)O)C(=O)Nc1ccc(-c2cc3[nH]c2C=c2ccc([nH]2)=Cc2ccc([nH]2)C=c2ccc([nH]2)=C3)cc1)CC(=O)O)CC(=O)O. The molecule has 17 nitrogen and oxygen atoms in total. The summed E-state index contributed by atoms with van der Waals surface area (Å²) in [7, 11) is 1.54. The molecule has 296 valence electrons. The van der Waals surface area contributed by atoms with E-state index in [1.54, 1.807) is 31.3 Å². The average molecular weight is 779 g/mol. The summed E-state index contributed by atoms with van der Waals surface area (Å²) in [6.45, 7) is -1.69. The lowest BCUT2D eigenvalue weighted by atomic mass is 10.0. The predicted octanol–water partition coefficient (Wildman–Crippen LogP) is -0.524. The number of anilines is 1. The van der Waals surface area contributed by atoms with E-state index in [0.29, 0.717) is 0 Å². The van der Waals surface area contributed by atoms with Gasteiger partial charge in [-0.15, -0.1) is 0 Å². The van der Waals surface area contributed by atoms with Crippen molar-refractivity contribution >= 4 is 59.8 Å². The fourth-order valence-corrected chi connectivity index (χ4v) is 6.58. The maximum absolute atomic E-state index is 13.5. The van der Waals surface area contributed by atoms with Gasteiger partial charge in [-0.2, -0.15) is 0 Å². The van der Waals surface area contributed by atoms with E-state index in [-0.39, 0.29) is 38.4 Å². The summed E-state index contributed by atoms with van der Waals surface area (Å²) in [5, 5.41) is 44.3. The first-order valence-corrected chi connectivity index (χ1v) is 17.9. The number of nitrogens with one attached hydrogen (secondary N) is 5. The lowest BCUT2D eigenvalue weighted by Crippen LogP contribution is -2.53. The van der Waals surface area contributed by atoms with E-state index in [2.05, 4.69) is 25.3 Å². The van der Waals surface area contributed by atoms with Crippen LogP contribution in [0.15, 0.2) is 66.7 Å². The summed E-state index contributed by atoms with van der Waals surface area (Å²) in [4.78, 5) is 77.8. The van der Waals surface area contributed by atoms with Crippen molar-refractivity contribution in [3.63, 3.8) is 0 Å². The molecule has 1 aliphatic rings. The third-order valence-electron chi connectivity index (χ3n) is 9.21. The fourth-order valence-electron chi connectivity index (χ4n) is 6.58. The Hall–Kier alpha value is -6.95. The number of benzene rings is 1. The van der Waals surface area contributed by atoms with Gasteiger partial charge < -0.3 is 45.7 Å². The van der Waals surface area contributed by atoms with Gasteiger partial charge >= 0.3 is 23.9 Å². The minimum Gasteiger partial charge on any atom is -0.480 e. The van der Waals surface area contributed by atoms with Crippen LogP contribution in [0, 0.1) is 0 Å². The van der Waals surface area contributed by atoms with E-state index < -0.39 is 48.9 Å². The van der Waals surface area contributed by atoms with Crippen LogP contribution in [-0.4, -0.2) is 144 Å². The quantitative estimate of drug-likeness (QED) is 0.0531. The van der Waals surface area contributed by atoms with Gasteiger partial charge in [0.1, 0.15) is 0 Å². The molecule has 1 unspecified atom stereocenters. The van der Waals surface area contributed by atoms with Gasteiger partial charge in [0.05, 0.1) is 19.6 Å². The number of amides is 1. The normalized spacial score (nSPS) is 12.6. The molecule has 1 aromatic carbocycles. The van der Waals surface area contributed by atoms with Crippen molar-refractivity contribution in [2.45, 2.75) is 6.04 Å². The maximum atomic E-state index is 13.5. The Morgan fingerprint density at radius 3 is 1.70 bits per heavy atom. The lowest BCUT2D eigenvalue weighted by Gasteiger charge is -2.30. The van der Waals surface area contributed by atoms with Gasteiger partial charge in [0.25, 0.3) is 5.91 Å². The number of hydrogen-bond acceptors (Lipinski definition) is 8. The molecule has 0 radical (unpaired) electrons. The van der Waals surface area contributed by atoms with Crippen LogP contribution >= 0.6 is 0 Å². The molecule has 5 heterocycles. The number of rotatable bonds is 17. The number of likely N-dealkylation sites (N-methyl/N-ethyl adjacent to an activating group) is 1. The Labute approximate surface area is 324 Å². The Kier molecular flexibility index (Phi) is 12.3. The van der Waals surface area contributed by atoms with Crippen molar-refractivity contribution in [2.75, 3.05) is 58.2 Å². The van der Waals surface area contributed by atoms with Gasteiger partial charge in [0.15, 0.2) is 6.04 Å². The van der Waals surface area contributed by atoms with Gasteiger partial charge in [0.2, 0.25) is 0 Å². The lowest BCUT2D eigenvalue weighted by molar-refractivity contribution is -0.150. The highest BCUT2D eigenvalue weighted by molar-refractivity contribution is 6.08. The van der Waals surface area contributed by atoms with Crippen molar-refractivity contribution in [1.82, 2.24) is 34.6 Å². The Morgan fingerprint density at radius 2 is 1.14 bits per heavy atom. The number of carbonyl (C=O) groups is 5. The third-order valence-corrected chi connectivity index (χ3v) is 9.21. The number of nitrogens with zero attached hydrogens (tertiary/aromatic N) is 3. The number of carboxylic acids is 4. The highest BCUT2D eigenvalue weighted by Gasteiger charge is 2.34. The first kappa shape index (κ1) is 39.7. The smallest absolute Gasteiger partial charge is 0.330 e. The van der Waals surface area contributed by atoms with Crippen LogP contribution in [-0.2, 0) is 24.0 Å². The van der Waals surface area contributed by atoms with E-state index in [1.165, 1.54) is 9.80 Å². The molecule has 0 saturated carbocycles. The molecule has 4 aromatic heterocycles. The summed E-state index contributed by atoms with van der Waals surface area (Å²) in [6, 6.07) is 18.8. The number of carbonyl (C=O) groups excluding carboxylic acids is 1. The van der Waals surface area contributed by atoms with Crippen LogP contribution in [0.25, 0.3) is 35.4 Å². The molecule has 17 heteroatoms. The molecule has 6 rings (SSSR count). The molecule has 0 aliphatic carbocycles. The van der Waals surface area contributed by atoms with Crippen LogP contribution in [0.2, 0.25) is 0 Å². The topological polar surface area (TPSA) is 251 Å². The van der Waals surface area contributed by atoms with Crippen LogP contribution in [0.1, 0.15) is 22.8 Å². The maximum Gasteiger partial charge on any atom is 0.330 e. The van der Waals surface area contributed by atoms with Crippen molar-refractivity contribution in [1.29, 1.82) is 0 Å². The van der Waals surface area contributed by atoms with Gasteiger partial charge in [-0.1, -0.05) is 12.1 Å². The third kappa shape index (κ3) is 10.8. The molecule has 1 amide bonds. The second-order valence-corrected chi connectivity index (χ2v) is 13.7. The molecule has 57 heavy (non-hydrogen) atoms. The predicted molar refractivity (Wildman–Crippen MR) is 210 cm³/mol. The Bertz CT molecular complexity index is 2530. The van der Waals surface area contributed by atoms with Crippen LogP contribution in [0.3, 0.4) is 0 Å². The zero-order valence-electron chi connectivity index (χ0n) is 30.9. The molecule has 8 bridgehead atoms. The molecule has 0 fully saturated rings. The average Bonchev–Trinajstić information content (AvgIpc) is 3.95. The summed E-state index contributed by atoms with van der Waals surface area (Å²) in [6.07, 6.45) is 8.01. The van der Waals surface area contributed by atoms with Crippen molar-refractivity contribution in [3.05, 3.63) is 111 Å². The highest BCUT2D eigenvalue weighted by Crippen LogP contribution is 2.27. The highest BCUT2D eigenvalue weighted by atomic mass is 16.4. The van der Waals surface area contributed by atoms with Gasteiger partial charge in [-0.05, 0) is 91.5 Å². The molecule has 5 aromatic rings. The molecule has 9 N–H and O–H groups in total. The number of aromatic nitrogens is 4. The molecule has 0 spiro atoms. The van der Waals surface area contributed by atoms with Crippen LogP contribution < -0.4 is 26.7 Å². The van der Waals surface area contributed by atoms with Crippen molar-refractivity contribution in [2.24, 2.45) is 0 Å². The zero-order valence-corrected chi connectivity index (χ0v) is 30.9. The number of carboxylic acid groups (broad SMARTS) is 4. The molecule has 1 atom stereocenters. The first-order chi connectivity index (χ1) is 27.3. The summed E-state index contributed by atoms with van der Waals surface area (Å²) in [5.74, 6) is -6.22. The number of aliphatic carboxylic acids is 4. The number of fused-ring (bicyclic) bond motifs is 8. The van der Waals surface area contributed by atoms with Crippen LogP contribution in [0.5, 0.6) is 0 Å². The zero-order chi connectivity index (χ0) is 40.6. The fraction of sp³-hybridized carbons (Fsp3) is 0.225. The van der Waals surface area contributed by atoms with E-state index in [4.69, 9.17) is 5.11 Å². The van der Waals surface area contributed by atoms with Gasteiger partial charge in [-0.25, -0.2) is 4.79 Å². The second-order valence-electron chi connectivity index (χ2n) is 13.7. The van der Waals surface area contributed by atoms with Gasteiger partial charge in [-0.3, -0.25) is 33.9 Å². The Morgan fingerprint density at radius 1 is 0.596 bits per heavy atom. The largest absolute Gasteiger partial charge is 0.480 e. The van der Waals surface area contributed by atoms with E-state index in [1.807, 2.05) is 66.8 Å². The first-order valence-electron chi connectivity index (χ1n) is 17.9. The molecular formula is C40H42N8O9. The number of H-pyrrole nitrogens is 4. The van der Waals surface area contributed by atoms with E-state index in [9.17, 15) is 39.3 Å². The number of hydrogen-bond donors (Lipinski definition) is 9. The van der Waals surface area contributed by atoms with Crippen molar-refractivity contribution < 1.29 is 44.4 Å². The summed E-state index contributed by atoms with van der Waals surface area (Å²) >= 11 is 0. The van der Waals surface area contributed by atoms with Gasteiger partial charge in [0, 0.05) is 81.6 Å². The minimum absolute atomic E-state index is 0.0957. The molecule has 0 saturated heterocycles. The summed E-state index contributed by atoms with van der Waals surface area (Å²) < 4.78 is 0. The second kappa shape index (κ2) is 17.7. The molecular weight excluding hydrogens is 736 g/mol. The van der Waals surface area contributed by atoms with E-state index >= 15 is 0 Å². The van der Waals surface area contributed by atoms with Crippen LogP contribution in [0.4, 0.5) is 5.69 Å². The number of aromatic amines is 4. The minimum atomic E-state index is -1.93.